The molecule has 1 heterocycles. The number of hydrogen-bond donors (Lipinski definition) is 2. The van der Waals surface area contributed by atoms with Gasteiger partial charge in [0.1, 0.15) is 0 Å². The van der Waals surface area contributed by atoms with Crippen molar-refractivity contribution in [2.45, 2.75) is 51.1 Å². The van der Waals surface area contributed by atoms with Gasteiger partial charge >= 0.3 is 0 Å². The third-order valence-corrected chi connectivity index (χ3v) is 3.46. The molecule has 94 valence electrons. The van der Waals surface area contributed by atoms with Gasteiger partial charge < -0.3 is 14.9 Å². The van der Waals surface area contributed by atoms with Crippen LogP contribution >= 0.6 is 0 Å². The van der Waals surface area contributed by atoms with Crippen LogP contribution in [0.15, 0.2) is 24.3 Å². The molecule has 2 rings (SSSR count). The molecule has 0 spiro atoms. The zero-order valence-electron chi connectivity index (χ0n) is 10.3. The van der Waals surface area contributed by atoms with Crippen molar-refractivity contribution in [2.24, 2.45) is 0 Å². The molecule has 3 unspecified atom stereocenters. The standard InChI is InChI=1S/C14H20O3/c1-9-6-13(16)14(10(2)17-9)12-5-3-4-11(7-12)8-15/h3-5,7,9-10,13-16H,6,8H2,1-2H3/t9?,10?,13-,14?/m1/s1. The Hall–Kier alpha value is -0.900. The van der Waals surface area contributed by atoms with Gasteiger partial charge in [0.15, 0.2) is 0 Å². The highest BCUT2D eigenvalue weighted by Gasteiger charge is 2.34. The van der Waals surface area contributed by atoms with Gasteiger partial charge in [0.25, 0.3) is 0 Å². The van der Waals surface area contributed by atoms with E-state index >= 15 is 0 Å². The van der Waals surface area contributed by atoms with E-state index < -0.39 is 0 Å². The first-order chi connectivity index (χ1) is 8.11. The van der Waals surface area contributed by atoms with Crippen LogP contribution in [0, 0.1) is 0 Å². The fourth-order valence-corrected chi connectivity index (χ4v) is 2.70. The van der Waals surface area contributed by atoms with E-state index in [-0.39, 0.29) is 30.8 Å². The summed E-state index contributed by atoms with van der Waals surface area (Å²) in [5.74, 6) is -0.00213. The third kappa shape index (κ3) is 2.68. The van der Waals surface area contributed by atoms with Crippen LogP contribution in [-0.2, 0) is 11.3 Å². The Bertz CT molecular complexity index is 365. The Labute approximate surface area is 102 Å². The summed E-state index contributed by atoms with van der Waals surface area (Å²) in [5, 5.41) is 19.3. The second-order valence-electron chi connectivity index (χ2n) is 4.88. The summed E-state index contributed by atoms with van der Waals surface area (Å²) in [6.07, 6.45) is 0.404. The summed E-state index contributed by atoms with van der Waals surface area (Å²) >= 11 is 0. The molecule has 3 heteroatoms. The summed E-state index contributed by atoms with van der Waals surface area (Å²) in [6, 6.07) is 7.73. The maximum absolute atomic E-state index is 10.2. The van der Waals surface area contributed by atoms with Gasteiger partial charge in [-0.05, 0) is 31.4 Å². The topological polar surface area (TPSA) is 49.7 Å². The van der Waals surface area contributed by atoms with E-state index in [0.717, 1.165) is 11.1 Å². The summed E-state index contributed by atoms with van der Waals surface area (Å²) in [5.41, 5.74) is 1.92. The molecule has 1 fully saturated rings. The predicted octanol–water partition coefficient (Wildman–Crippen LogP) is 1.82. The van der Waals surface area contributed by atoms with E-state index in [1.54, 1.807) is 0 Å². The summed E-state index contributed by atoms with van der Waals surface area (Å²) in [6.45, 7) is 4.01. The molecule has 1 aromatic carbocycles. The lowest BCUT2D eigenvalue weighted by Crippen LogP contribution is -2.40. The van der Waals surface area contributed by atoms with Crippen molar-refractivity contribution in [1.29, 1.82) is 0 Å². The van der Waals surface area contributed by atoms with Gasteiger partial charge in [0.05, 0.1) is 24.9 Å². The first-order valence-electron chi connectivity index (χ1n) is 6.15. The number of hydrogen-bond acceptors (Lipinski definition) is 3. The van der Waals surface area contributed by atoms with Crippen molar-refractivity contribution in [3.05, 3.63) is 35.4 Å². The molecule has 2 N–H and O–H groups in total. The normalized spacial score (nSPS) is 33.6. The van der Waals surface area contributed by atoms with Crippen LogP contribution < -0.4 is 0 Å². The Kier molecular flexibility index (Phi) is 3.82. The molecule has 3 nitrogen and oxygen atoms in total. The van der Waals surface area contributed by atoms with Crippen LogP contribution in [0.2, 0.25) is 0 Å². The summed E-state index contributed by atoms with van der Waals surface area (Å²) in [7, 11) is 0. The van der Waals surface area contributed by atoms with Crippen LogP contribution in [-0.4, -0.2) is 28.5 Å². The molecule has 0 radical (unpaired) electrons. The lowest BCUT2D eigenvalue weighted by Gasteiger charge is -2.37. The lowest BCUT2D eigenvalue weighted by molar-refractivity contribution is -0.0960. The van der Waals surface area contributed by atoms with Crippen molar-refractivity contribution >= 4 is 0 Å². The molecule has 0 saturated carbocycles. The third-order valence-electron chi connectivity index (χ3n) is 3.46. The number of aliphatic hydroxyl groups excluding tert-OH is 2. The van der Waals surface area contributed by atoms with Gasteiger partial charge in [-0.2, -0.15) is 0 Å². The highest BCUT2D eigenvalue weighted by molar-refractivity contribution is 5.28. The number of rotatable bonds is 2. The van der Waals surface area contributed by atoms with E-state index in [1.807, 2.05) is 38.1 Å². The molecule has 1 saturated heterocycles. The molecular formula is C14H20O3. The fraction of sp³-hybridized carbons (Fsp3) is 0.571. The van der Waals surface area contributed by atoms with E-state index in [9.17, 15) is 5.11 Å². The molecule has 0 bridgehead atoms. The largest absolute Gasteiger partial charge is 0.392 e. The second-order valence-corrected chi connectivity index (χ2v) is 4.88. The summed E-state index contributed by atoms with van der Waals surface area (Å²) < 4.78 is 5.77. The minimum absolute atomic E-state index is 0.00213. The van der Waals surface area contributed by atoms with Crippen LogP contribution in [0.4, 0.5) is 0 Å². The zero-order valence-corrected chi connectivity index (χ0v) is 10.3. The van der Waals surface area contributed by atoms with Gasteiger partial charge in [0, 0.05) is 5.92 Å². The van der Waals surface area contributed by atoms with Crippen molar-refractivity contribution in [2.75, 3.05) is 0 Å². The first kappa shape index (κ1) is 12.6. The van der Waals surface area contributed by atoms with E-state index in [0.29, 0.717) is 6.42 Å². The zero-order chi connectivity index (χ0) is 12.4. The van der Waals surface area contributed by atoms with Gasteiger partial charge in [-0.3, -0.25) is 0 Å². The lowest BCUT2D eigenvalue weighted by atomic mass is 9.83. The minimum Gasteiger partial charge on any atom is -0.392 e. The average molecular weight is 236 g/mol. The average Bonchev–Trinajstić information content (AvgIpc) is 2.28. The molecular weight excluding hydrogens is 216 g/mol. The van der Waals surface area contributed by atoms with Gasteiger partial charge in [-0.1, -0.05) is 24.3 Å². The SMILES string of the molecule is CC1C[C@@H](O)C(c2cccc(CO)c2)C(C)O1. The van der Waals surface area contributed by atoms with E-state index in [2.05, 4.69) is 0 Å². The minimum atomic E-state index is -0.373. The van der Waals surface area contributed by atoms with Crippen molar-refractivity contribution in [1.82, 2.24) is 0 Å². The van der Waals surface area contributed by atoms with Crippen molar-refractivity contribution in [3.63, 3.8) is 0 Å². The second kappa shape index (κ2) is 5.17. The molecule has 4 atom stereocenters. The molecule has 17 heavy (non-hydrogen) atoms. The molecule has 1 aliphatic rings. The number of aliphatic hydroxyl groups is 2. The van der Waals surface area contributed by atoms with Gasteiger partial charge in [0.2, 0.25) is 0 Å². The Balaban J connectivity index is 2.25. The monoisotopic (exact) mass is 236 g/mol. The van der Waals surface area contributed by atoms with Crippen LogP contribution in [0.25, 0.3) is 0 Å². The molecule has 0 aromatic heterocycles. The Morgan fingerprint density at radius 3 is 2.76 bits per heavy atom. The Morgan fingerprint density at radius 1 is 1.35 bits per heavy atom. The number of benzene rings is 1. The van der Waals surface area contributed by atoms with Crippen LogP contribution in [0.5, 0.6) is 0 Å². The molecule has 0 amide bonds. The van der Waals surface area contributed by atoms with E-state index in [1.165, 1.54) is 0 Å². The maximum atomic E-state index is 10.2. The van der Waals surface area contributed by atoms with Crippen molar-refractivity contribution < 1.29 is 14.9 Å². The van der Waals surface area contributed by atoms with Gasteiger partial charge in [-0.25, -0.2) is 0 Å². The quantitative estimate of drug-likeness (QED) is 0.823. The summed E-state index contributed by atoms with van der Waals surface area (Å²) in [4.78, 5) is 0. The molecule has 0 aliphatic carbocycles. The maximum Gasteiger partial charge on any atom is 0.0681 e. The first-order valence-corrected chi connectivity index (χ1v) is 6.15. The highest BCUT2D eigenvalue weighted by Crippen LogP contribution is 2.33. The van der Waals surface area contributed by atoms with Crippen molar-refractivity contribution in [3.8, 4) is 0 Å². The predicted molar refractivity (Wildman–Crippen MR) is 65.7 cm³/mol. The molecule has 1 aliphatic heterocycles. The number of ether oxygens (including phenoxy) is 1. The molecule has 1 aromatic rings. The Morgan fingerprint density at radius 2 is 2.12 bits per heavy atom. The highest BCUT2D eigenvalue weighted by atomic mass is 16.5. The van der Waals surface area contributed by atoms with Crippen LogP contribution in [0.3, 0.4) is 0 Å². The fourth-order valence-electron chi connectivity index (χ4n) is 2.70. The van der Waals surface area contributed by atoms with Gasteiger partial charge in [-0.15, -0.1) is 0 Å². The van der Waals surface area contributed by atoms with Crippen LogP contribution in [0.1, 0.15) is 37.3 Å². The van der Waals surface area contributed by atoms with E-state index in [4.69, 9.17) is 9.84 Å². The smallest absolute Gasteiger partial charge is 0.0681 e.